The number of aromatic nitrogens is 1. The predicted molar refractivity (Wildman–Crippen MR) is 89.8 cm³/mol. The Morgan fingerprint density at radius 3 is 2.74 bits per heavy atom. The number of hydrogen-bond acceptors (Lipinski definition) is 3. The quantitative estimate of drug-likeness (QED) is 0.847. The minimum atomic E-state index is -1.04. The lowest BCUT2D eigenvalue weighted by Gasteiger charge is -2.31. The summed E-state index contributed by atoms with van der Waals surface area (Å²) in [6.07, 6.45) is 7.50. The lowest BCUT2D eigenvalue weighted by atomic mass is 9.95. The Labute approximate surface area is 135 Å². The van der Waals surface area contributed by atoms with Crippen LogP contribution < -0.4 is 10.3 Å². The Morgan fingerprint density at radius 1 is 1.43 bits per heavy atom. The molecule has 1 aromatic rings. The standard InChI is InChI=1S/C18H23NO4/c1-12(2)6-5-8-18(4)9-7-14-15(23-18)10-13(3)19(17(14)22)11-16(20)21/h6-7,9-10H,5,8,11H2,1-4H3,(H,20,21)/t18-/m1/s1. The van der Waals surface area contributed by atoms with Gasteiger partial charge in [0.1, 0.15) is 17.9 Å². The first-order chi connectivity index (χ1) is 10.7. The molecular weight excluding hydrogens is 294 g/mol. The van der Waals surface area contributed by atoms with Crippen molar-refractivity contribution in [2.75, 3.05) is 0 Å². The normalized spacial score (nSPS) is 19.0. The van der Waals surface area contributed by atoms with E-state index in [9.17, 15) is 9.59 Å². The van der Waals surface area contributed by atoms with Gasteiger partial charge in [0.05, 0.1) is 5.56 Å². The molecule has 1 aliphatic heterocycles. The second-order valence-corrected chi connectivity index (χ2v) is 6.42. The van der Waals surface area contributed by atoms with Gasteiger partial charge in [0, 0.05) is 11.8 Å². The van der Waals surface area contributed by atoms with Gasteiger partial charge in [0.25, 0.3) is 5.56 Å². The number of carboxylic acid groups (broad SMARTS) is 1. The predicted octanol–water partition coefficient (Wildman–Crippen LogP) is 3.15. The van der Waals surface area contributed by atoms with E-state index >= 15 is 0 Å². The molecule has 124 valence electrons. The largest absolute Gasteiger partial charge is 0.483 e. The molecule has 0 saturated heterocycles. The summed E-state index contributed by atoms with van der Waals surface area (Å²) in [5.74, 6) is -0.515. The smallest absolute Gasteiger partial charge is 0.323 e. The van der Waals surface area contributed by atoms with Gasteiger partial charge in [-0.1, -0.05) is 11.6 Å². The van der Waals surface area contributed by atoms with Crippen LogP contribution in [0.5, 0.6) is 5.75 Å². The molecule has 2 heterocycles. The van der Waals surface area contributed by atoms with Gasteiger partial charge in [-0.25, -0.2) is 0 Å². The molecule has 1 aromatic heterocycles. The number of nitrogens with zero attached hydrogens (tertiary/aromatic N) is 1. The topological polar surface area (TPSA) is 68.5 Å². The molecule has 1 atom stereocenters. The molecule has 1 aliphatic rings. The van der Waals surface area contributed by atoms with E-state index in [0.29, 0.717) is 17.0 Å². The molecule has 0 aliphatic carbocycles. The van der Waals surface area contributed by atoms with Crippen molar-refractivity contribution in [1.29, 1.82) is 0 Å². The van der Waals surface area contributed by atoms with Crippen LogP contribution in [0.15, 0.2) is 28.6 Å². The van der Waals surface area contributed by atoms with E-state index in [4.69, 9.17) is 9.84 Å². The number of aryl methyl sites for hydroxylation is 1. The van der Waals surface area contributed by atoms with Crippen LogP contribution in [0.4, 0.5) is 0 Å². The summed E-state index contributed by atoms with van der Waals surface area (Å²) in [5, 5.41) is 8.93. The minimum Gasteiger partial charge on any atom is -0.483 e. The van der Waals surface area contributed by atoms with Crippen molar-refractivity contribution in [2.24, 2.45) is 0 Å². The highest BCUT2D eigenvalue weighted by atomic mass is 16.5. The molecule has 0 spiro atoms. The average Bonchev–Trinajstić information content (AvgIpc) is 2.42. The molecule has 0 radical (unpaired) electrons. The summed E-state index contributed by atoms with van der Waals surface area (Å²) < 4.78 is 7.30. The van der Waals surface area contributed by atoms with Crippen LogP contribution in [0.3, 0.4) is 0 Å². The molecule has 2 rings (SSSR count). The lowest BCUT2D eigenvalue weighted by molar-refractivity contribution is -0.137. The zero-order valence-corrected chi connectivity index (χ0v) is 14.0. The molecule has 5 nitrogen and oxygen atoms in total. The van der Waals surface area contributed by atoms with Gasteiger partial charge < -0.3 is 14.4 Å². The number of aliphatic carboxylic acids is 1. The fourth-order valence-corrected chi connectivity index (χ4v) is 2.65. The Bertz CT molecular complexity index is 738. The molecule has 0 unspecified atom stereocenters. The summed E-state index contributed by atoms with van der Waals surface area (Å²) in [6, 6.07) is 1.74. The molecule has 0 saturated carbocycles. The summed E-state index contributed by atoms with van der Waals surface area (Å²) in [6.45, 7) is 7.48. The number of carbonyl (C=O) groups is 1. The zero-order valence-electron chi connectivity index (χ0n) is 14.0. The highest BCUT2D eigenvalue weighted by Gasteiger charge is 2.28. The monoisotopic (exact) mass is 317 g/mol. The summed E-state index contributed by atoms with van der Waals surface area (Å²) in [7, 11) is 0. The summed E-state index contributed by atoms with van der Waals surface area (Å²) in [4.78, 5) is 23.3. The van der Waals surface area contributed by atoms with Crippen LogP contribution in [0.25, 0.3) is 6.08 Å². The first kappa shape index (κ1) is 17.1. The number of allylic oxidation sites excluding steroid dienone is 2. The van der Waals surface area contributed by atoms with Crippen LogP contribution in [0.1, 0.15) is 44.9 Å². The molecule has 0 fully saturated rings. The number of pyridine rings is 1. The second-order valence-electron chi connectivity index (χ2n) is 6.42. The third-order valence-corrected chi connectivity index (χ3v) is 3.94. The Hall–Kier alpha value is -2.30. The molecule has 0 aromatic carbocycles. The van der Waals surface area contributed by atoms with Gasteiger partial charge >= 0.3 is 5.97 Å². The fraction of sp³-hybridized carbons (Fsp3) is 0.444. The number of rotatable bonds is 5. The van der Waals surface area contributed by atoms with Crippen LogP contribution in [0, 0.1) is 6.92 Å². The van der Waals surface area contributed by atoms with Crippen LogP contribution in [-0.4, -0.2) is 21.2 Å². The third kappa shape index (κ3) is 3.92. The van der Waals surface area contributed by atoms with Gasteiger partial charge in [0.2, 0.25) is 0 Å². The van der Waals surface area contributed by atoms with Crippen molar-refractivity contribution in [3.05, 3.63) is 45.4 Å². The SMILES string of the molecule is CC(C)=CCC[C@]1(C)C=Cc2c(cc(C)n(CC(=O)O)c2=O)O1. The number of fused-ring (bicyclic) bond motifs is 1. The van der Waals surface area contributed by atoms with Crippen molar-refractivity contribution in [2.45, 2.75) is 52.7 Å². The van der Waals surface area contributed by atoms with Gasteiger partial charge in [-0.3, -0.25) is 9.59 Å². The van der Waals surface area contributed by atoms with Crippen molar-refractivity contribution < 1.29 is 14.6 Å². The molecular formula is C18H23NO4. The molecule has 5 heteroatoms. The van der Waals surface area contributed by atoms with Gasteiger partial charge in [-0.2, -0.15) is 0 Å². The summed E-state index contributed by atoms with van der Waals surface area (Å²) >= 11 is 0. The first-order valence-corrected chi connectivity index (χ1v) is 7.70. The van der Waals surface area contributed by atoms with Crippen molar-refractivity contribution in [3.8, 4) is 5.75 Å². The second kappa shape index (κ2) is 6.44. The van der Waals surface area contributed by atoms with E-state index in [-0.39, 0.29) is 12.1 Å². The van der Waals surface area contributed by atoms with Crippen molar-refractivity contribution in [3.63, 3.8) is 0 Å². The van der Waals surface area contributed by atoms with E-state index in [2.05, 4.69) is 19.9 Å². The van der Waals surface area contributed by atoms with E-state index in [1.54, 1.807) is 19.1 Å². The number of carboxylic acids is 1. The molecule has 0 amide bonds. The lowest BCUT2D eigenvalue weighted by Crippen LogP contribution is -2.35. The first-order valence-electron chi connectivity index (χ1n) is 7.70. The van der Waals surface area contributed by atoms with Crippen molar-refractivity contribution in [1.82, 2.24) is 4.57 Å². The zero-order chi connectivity index (χ0) is 17.2. The van der Waals surface area contributed by atoms with Crippen molar-refractivity contribution >= 4 is 12.0 Å². The van der Waals surface area contributed by atoms with Crippen LogP contribution in [0.2, 0.25) is 0 Å². The molecule has 23 heavy (non-hydrogen) atoms. The van der Waals surface area contributed by atoms with Crippen LogP contribution >= 0.6 is 0 Å². The van der Waals surface area contributed by atoms with Gasteiger partial charge in [0.15, 0.2) is 0 Å². The van der Waals surface area contributed by atoms with E-state index in [1.165, 1.54) is 10.1 Å². The average molecular weight is 317 g/mol. The fourth-order valence-electron chi connectivity index (χ4n) is 2.65. The van der Waals surface area contributed by atoms with Crippen LogP contribution in [-0.2, 0) is 11.3 Å². The highest BCUT2D eigenvalue weighted by Crippen LogP contribution is 2.32. The third-order valence-electron chi connectivity index (χ3n) is 3.94. The van der Waals surface area contributed by atoms with Gasteiger partial charge in [-0.05, 0) is 52.7 Å². The Kier molecular flexibility index (Phi) is 4.78. The number of ether oxygens (including phenoxy) is 1. The maximum Gasteiger partial charge on any atom is 0.323 e. The van der Waals surface area contributed by atoms with E-state index in [0.717, 1.165) is 12.8 Å². The summed E-state index contributed by atoms with van der Waals surface area (Å²) in [5.41, 5.74) is 1.47. The Balaban J connectivity index is 2.32. The highest BCUT2D eigenvalue weighted by molar-refractivity contribution is 5.67. The van der Waals surface area contributed by atoms with E-state index < -0.39 is 11.6 Å². The number of hydrogen-bond donors (Lipinski definition) is 1. The maximum atomic E-state index is 12.4. The molecule has 1 N–H and O–H groups in total. The van der Waals surface area contributed by atoms with E-state index in [1.807, 2.05) is 13.0 Å². The Morgan fingerprint density at radius 2 is 2.13 bits per heavy atom. The minimum absolute atomic E-state index is 0.329. The molecule has 0 bridgehead atoms. The van der Waals surface area contributed by atoms with Gasteiger partial charge in [-0.15, -0.1) is 0 Å². The maximum absolute atomic E-state index is 12.4.